The number of carboxylic acid groups (broad SMARTS) is 1. The Morgan fingerprint density at radius 2 is 2.19 bits per heavy atom. The zero-order valence-electron chi connectivity index (χ0n) is 8.73. The molecule has 0 unspecified atom stereocenters. The van der Waals surface area contributed by atoms with Crippen LogP contribution in [-0.2, 0) is 16.0 Å². The summed E-state index contributed by atoms with van der Waals surface area (Å²) in [6, 6.07) is 3.74. The maximum absolute atomic E-state index is 11.3. The molecule has 0 atom stereocenters. The highest BCUT2D eigenvalue weighted by atomic mass is 32.1. The second-order valence-corrected chi connectivity index (χ2v) is 4.99. The van der Waals surface area contributed by atoms with E-state index in [1.165, 1.54) is 11.3 Å². The van der Waals surface area contributed by atoms with Crippen LogP contribution in [0.15, 0.2) is 18.2 Å². The van der Waals surface area contributed by atoms with E-state index in [0.717, 1.165) is 28.2 Å². The molecule has 0 saturated carbocycles. The van der Waals surface area contributed by atoms with Gasteiger partial charge >= 0.3 is 5.97 Å². The van der Waals surface area contributed by atoms with Gasteiger partial charge in [0.25, 0.3) is 0 Å². The van der Waals surface area contributed by atoms with Gasteiger partial charge in [-0.05, 0) is 36.6 Å². The molecule has 0 aliphatic heterocycles. The van der Waals surface area contributed by atoms with Gasteiger partial charge < -0.3 is 5.11 Å². The first-order valence-electron chi connectivity index (χ1n) is 5.19. The summed E-state index contributed by atoms with van der Waals surface area (Å²) in [4.78, 5) is 23.7. The largest absolute Gasteiger partial charge is 0.481 e. The van der Waals surface area contributed by atoms with Crippen molar-refractivity contribution in [1.82, 2.24) is 0 Å². The summed E-state index contributed by atoms with van der Waals surface area (Å²) in [5.41, 5.74) is 1.05. The zero-order chi connectivity index (χ0) is 11.5. The molecular formula is C12H12O3S. The molecule has 4 heteroatoms. The highest BCUT2D eigenvalue weighted by Crippen LogP contribution is 2.30. The van der Waals surface area contributed by atoms with Gasteiger partial charge in [0.15, 0.2) is 5.78 Å². The quantitative estimate of drug-likeness (QED) is 0.877. The molecule has 2 rings (SSSR count). The van der Waals surface area contributed by atoms with Crippen LogP contribution in [0.4, 0.5) is 0 Å². The van der Waals surface area contributed by atoms with Crippen LogP contribution in [0.1, 0.15) is 29.0 Å². The lowest BCUT2D eigenvalue weighted by atomic mass is 9.98. The average molecular weight is 236 g/mol. The molecule has 84 valence electrons. The van der Waals surface area contributed by atoms with Crippen LogP contribution in [0.3, 0.4) is 0 Å². The van der Waals surface area contributed by atoms with E-state index in [-0.39, 0.29) is 12.2 Å². The number of carbonyl (C=O) groups excluding carboxylic acids is 1. The van der Waals surface area contributed by atoms with E-state index in [4.69, 9.17) is 5.11 Å². The van der Waals surface area contributed by atoms with Crippen molar-refractivity contribution in [2.24, 2.45) is 0 Å². The Hall–Kier alpha value is -1.42. The van der Waals surface area contributed by atoms with E-state index in [9.17, 15) is 9.59 Å². The van der Waals surface area contributed by atoms with Crippen LogP contribution in [0.25, 0.3) is 5.57 Å². The summed E-state index contributed by atoms with van der Waals surface area (Å²) in [5, 5.41) is 8.67. The number of carboxylic acids is 1. The molecule has 1 aromatic rings. The Labute approximate surface area is 97.4 Å². The second kappa shape index (κ2) is 4.61. The molecular weight excluding hydrogens is 224 g/mol. The van der Waals surface area contributed by atoms with Crippen molar-refractivity contribution in [2.75, 3.05) is 0 Å². The van der Waals surface area contributed by atoms with Crippen molar-refractivity contribution in [1.29, 1.82) is 0 Å². The minimum atomic E-state index is -0.817. The number of ketones is 1. The monoisotopic (exact) mass is 236 g/mol. The fourth-order valence-corrected chi connectivity index (χ4v) is 2.82. The average Bonchev–Trinajstić information content (AvgIpc) is 2.65. The molecule has 16 heavy (non-hydrogen) atoms. The Balaban J connectivity index is 2.18. The van der Waals surface area contributed by atoms with Crippen LogP contribution in [0.2, 0.25) is 0 Å². The lowest BCUT2D eigenvalue weighted by Gasteiger charge is -2.09. The van der Waals surface area contributed by atoms with Crippen LogP contribution in [-0.4, -0.2) is 16.9 Å². The smallest absolute Gasteiger partial charge is 0.308 e. The standard InChI is InChI=1S/C12H12O3S/c13-9-3-1-2-8(6-9)11-5-4-10(16-11)7-12(14)15/h4-6H,1-3,7H2,(H,14,15). The van der Waals surface area contributed by atoms with Crippen LogP contribution in [0.5, 0.6) is 0 Å². The van der Waals surface area contributed by atoms with Crippen LogP contribution < -0.4 is 0 Å². The Morgan fingerprint density at radius 1 is 1.38 bits per heavy atom. The van der Waals surface area contributed by atoms with Gasteiger partial charge in [0, 0.05) is 16.2 Å². The number of hydrogen-bond acceptors (Lipinski definition) is 3. The van der Waals surface area contributed by atoms with Crippen LogP contribution in [0, 0.1) is 0 Å². The summed E-state index contributed by atoms with van der Waals surface area (Å²) < 4.78 is 0. The Bertz CT molecular complexity index is 457. The lowest BCUT2D eigenvalue weighted by molar-refractivity contribution is -0.136. The number of carbonyl (C=O) groups is 2. The highest BCUT2D eigenvalue weighted by Gasteiger charge is 2.13. The molecule has 1 aliphatic carbocycles. The van der Waals surface area contributed by atoms with Crippen molar-refractivity contribution in [3.05, 3.63) is 28.0 Å². The molecule has 1 aliphatic rings. The van der Waals surface area contributed by atoms with Crippen molar-refractivity contribution < 1.29 is 14.7 Å². The Kier molecular flexibility index (Phi) is 3.19. The van der Waals surface area contributed by atoms with E-state index in [0.29, 0.717) is 6.42 Å². The molecule has 1 heterocycles. The first-order chi connectivity index (χ1) is 7.65. The number of allylic oxidation sites excluding steroid dienone is 2. The minimum Gasteiger partial charge on any atom is -0.481 e. The van der Waals surface area contributed by atoms with E-state index in [1.54, 1.807) is 6.08 Å². The van der Waals surface area contributed by atoms with Gasteiger partial charge in [0.05, 0.1) is 6.42 Å². The molecule has 1 N–H and O–H groups in total. The maximum Gasteiger partial charge on any atom is 0.308 e. The first kappa shape index (κ1) is 11.1. The number of thiophene rings is 1. The summed E-state index contributed by atoms with van der Waals surface area (Å²) in [6.45, 7) is 0. The van der Waals surface area contributed by atoms with Crippen molar-refractivity contribution in [3.8, 4) is 0 Å². The number of aliphatic carboxylic acids is 1. The van der Waals surface area contributed by atoms with Gasteiger partial charge in [0.1, 0.15) is 0 Å². The van der Waals surface area contributed by atoms with Gasteiger partial charge in [-0.2, -0.15) is 0 Å². The van der Waals surface area contributed by atoms with E-state index in [1.807, 2.05) is 12.1 Å². The Morgan fingerprint density at radius 3 is 2.88 bits per heavy atom. The van der Waals surface area contributed by atoms with Crippen molar-refractivity contribution in [3.63, 3.8) is 0 Å². The van der Waals surface area contributed by atoms with Crippen molar-refractivity contribution in [2.45, 2.75) is 25.7 Å². The third-order valence-electron chi connectivity index (χ3n) is 2.51. The SMILES string of the molecule is O=C(O)Cc1ccc(C2=CC(=O)CCC2)s1. The molecule has 0 spiro atoms. The number of rotatable bonds is 3. The third kappa shape index (κ3) is 2.58. The topological polar surface area (TPSA) is 54.4 Å². The van der Waals surface area contributed by atoms with Gasteiger partial charge in [-0.3, -0.25) is 9.59 Å². The molecule has 0 bridgehead atoms. The molecule has 0 saturated heterocycles. The van der Waals surface area contributed by atoms with Gasteiger partial charge in [-0.1, -0.05) is 0 Å². The maximum atomic E-state index is 11.3. The van der Waals surface area contributed by atoms with Crippen LogP contribution >= 0.6 is 11.3 Å². The molecule has 0 fully saturated rings. The zero-order valence-corrected chi connectivity index (χ0v) is 9.55. The van der Waals surface area contributed by atoms with E-state index < -0.39 is 5.97 Å². The first-order valence-corrected chi connectivity index (χ1v) is 6.01. The normalized spacial score (nSPS) is 16.0. The molecule has 0 radical (unpaired) electrons. The highest BCUT2D eigenvalue weighted by molar-refractivity contribution is 7.13. The molecule has 0 aromatic carbocycles. The predicted octanol–water partition coefficient (Wildman–Crippen LogP) is 2.51. The predicted molar refractivity (Wildman–Crippen MR) is 62.5 cm³/mol. The molecule has 3 nitrogen and oxygen atoms in total. The minimum absolute atomic E-state index is 0.0614. The van der Waals surface area contributed by atoms with Gasteiger partial charge in [-0.25, -0.2) is 0 Å². The molecule has 0 amide bonds. The summed E-state index contributed by atoms with van der Waals surface area (Å²) in [5.74, 6) is -0.642. The van der Waals surface area contributed by atoms with E-state index >= 15 is 0 Å². The summed E-state index contributed by atoms with van der Waals surface area (Å²) in [7, 11) is 0. The summed E-state index contributed by atoms with van der Waals surface area (Å²) in [6.07, 6.45) is 4.21. The van der Waals surface area contributed by atoms with Gasteiger partial charge in [-0.15, -0.1) is 11.3 Å². The number of hydrogen-bond donors (Lipinski definition) is 1. The van der Waals surface area contributed by atoms with Gasteiger partial charge in [0.2, 0.25) is 0 Å². The van der Waals surface area contributed by atoms with E-state index in [2.05, 4.69) is 0 Å². The molecule has 1 aromatic heterocycles. The summed E-state index contributed by atoms with van der Waals surface area (Å²) >= 11 is 1.47. The third-order valence-corrected chi connectivity index (χ3v) is 3.67. The fourth-order valence-electron chi connectivity index (χ4n) is 1.78. The fraction of sp³-hybridized carbons (Fsp3) is 0.333. The van der Waals surface area contributed by atoms with Crippen molar-refractivity contribution >= 4 is 28.7 Å². The second-order valence-electron chi connectivity index (χ2n) is 3.83. The lowest BCUT2D eigenvalue weighted by Crippen LogP contribution is -2.00.